The summed E-state index contributed by atoms with van der Waals surface area (Å²) in [5.74, 6) is 0.0613. The van der Waals surface area contributed by atoms with Crippen molar-refractivity contribution < 1.29 is 4.39 Å². The highest BCUT2D eigenvalue weighted by atomic mass is 19.1. The molecule has 0 aliphatic rings. The number of halogens is 1. The van der Waals surface area contributed by atoms with Gasteiger partial charge in [-0.2, -0.15) is 0 Å². The van der Waals surface area contributed by atoms with E-state index in [4.69, 9.17) is 5.73 Å². The predicted octanol–water partition coefficient (Wildman–Crippen LogP) is 1.76. The minimum atomic E-state index is -0.251. The van der Waals surface area contributed by atoms with Crippen LogP contribution in [0.5, 0.6) is 0 Å². The van der Waals surface area contributed by atoms with Gasteiger partial charge in [-0.25, -0.2) is 9.37 Å². The minimum absolute atomic E-state index is 0.251. The quantitative estimate of drug-likeness (QED) is 0.704. The third-order valence-electron chi connectivity index (χ3n) is 1.53. The Labute approximate surface area is 65.3 Å². The van der Waals surface area contributed by atoms with Gasteiger partial charge in [-0.1, -0.05) is 13.3 Å². The van der Waals surface area contributed by atoms with Crippen LogP contribution in [0.15, 0.2) is 12.3 Å². The Morgan fingerprint density at radius 2 is 2.36 bits per heavy atom. The molecule has 0 aromatic carbocycles. The third-order valence-corrected chi connectivity index (χ3v) is 1.53. The molecule has 0 aliphatic heterocycles. The molecule has 60 valence electrons. The van der Waals surface area contributed by atoms with E-state index in [1.807, 2.05) is 6.92 Å². The smallest absolute Gasteiger partial charge is 0.131 e. The fourth-order valence-corrected chi connectivity index (χ4v) is 0.981. The second-order valence-corrected chi connectivity index (χ2v) is 2.41. The summed E-state index contributed by atoms with van der Waals surface area (Å²) in [5.41, 5.74) is 5.99. The highest BCUT2D eigenvalue weighted by Gasteiger charge is 2.04. The molecule has 11 heavy (non-hydrogen) atoms. The number of hydrogen-bond acceptors (Lipinski definition) is 2. The van der Waals surface area contributed by atoms with Gasteiger partial charge in [0.1, 0.15) is 11.6 Å². The van der Waals surface area contributed by atoms with Crippen LogP contribution in [0, 0.1) is 5.82 Å². The van der Waals surface area contributed by atoms with E-state index in [0.29, 0.717) is 17.8 Å². The molecular weight excluding hydrogens is 143 g/mol. The molecule has 0 fully saturated rings. The number of rotatable bonds is 2. The van der Waals surface area contributed by atoms with E-state index in [0.717, 1.165) is 6.42 Å². The lowest BCUT2D eigenvalue weighted by molar-refractivity contribution is 0.606. The molecule has 0 bridgehead atoms. The van der Waals surface area contributed by atoms with Gasteiger partial charge in [0.2, 0.25) is 0 Å². The lowest BCUT2D eigenvalue weighted by Crippen LogP contribution is -2.00. The first-order valence-corrected chi connectivity index (χ1v) is 3.64. The van der Waals surface area contributed by atoms with E-state index in [-0.39, 0.29) is 5.82 Å². The fraction of sp³-hybridized carbons (Fsp3) is 0.375. The van der Waals surface area contributed by atoms with Gasteiger partial charge in [0.05, 0.1) is 0 Å². The van der Waals surface area contributed by atoms with Crippen molar-refractivity contribution in [1.82, 2.24) is 4.98 Å². The van der Waals surface area contributed by atoms with Crippen molar-refractivity contribution in [3.63, 3.8) is 0 Å². The van der Waals surface area contributed by atoms with Crippen LogP contribution in [-0.4, -0.2) is 4.98 Å². The first-order valence-electron chi connectivity index (χ1n) is 3.64. The standard InChI is InChI=1S/C8H11FN2/c1-2-3-6-7(9)4-5-11-8(6)10/h4-5H,2-3H2,1H3,(H2,10,11). The molecule has 0 saturated heterocycles. The molecule has 3 heteroatoms. The molecule has 0 aliphatic carbocycles. The SMILES string of the molecule is CCCc1c(F)ccnc1N. The third kappa shape index (κ3) is 1.67. The molecule has 1 rings (SSSR count). The average molecular weight is 154 g/mol. The highest BCUT2D eigenvalue weighted by Crippen LogP contribution is 2.14. The van der Waals surface area contributed by atoms with Gasteiger partial charge >= 0.3 is 0 Å². The first kappa shape index (κ1) is 7.98. The summed E-state index contributed by atoms with van der Waals surface area (Å²) in [7, 11) is 0. The molecule has 2 nitrogen and oxygen atoms in total. The predicted molar refractivity (Wildman–Crippen MR) is 42.6 cm³/mol. The molecule has 0 atom stereocenters. The van der Waals surface area contributed by atoms with Crippen LogP contribution in [0.2, 0.25) is 0 Å². The van der Waals surface area contributed by atoms with Crippen LogP contribution in [0.4, 0.5) is 10.2 Å². The van der Waals surface area contributed by atoms with Crippen molar-refractivity contribution in [3.05, 3.63) is 23.6 Å². The van der Waals surface area contributed by atoms with Gasteiger partial charge in [-0.15, -0.1) is 0 Å². The Morgan fingerprint density at radius 3 is 2.91 bits per heavy atom. The van der Waals surface area contributed by atoms with Crippen LogP contribution >= 0.6 is 0 Å². The number of pyridine rings is 1. The number of nitrogen functional groups attached to an aromatic ring is 1. The Morgan fingerprint density at radius 1 is 1.64 bits per heavy atom. The van der Waals surface area contributed by atoms with Gasteiger partial charge in [0.15, 0.2) is 0 Å². The largest absolute Gasteiger partial charge is 0.383 e. The molecule has 0 saturated carbocycles. The number of nitrogens with zero attached hydrogens (tertiary/aromatic N) is 1. The van der Waals surface area contributed by atoms with Crippen molar-refractivity contribution >= 4 is 5.82 Å². The number of aromatic nitrogens is 1. The summed E-state index contributed by atoms with van der Waals surface area (Å²) < 4.78 is 12.9. The van der Waals surface area contributed by atoms with E-state index in [2.05, 4.69) is 4.98 Å². The Bertz CT molecular complexity index is 228. The van der Waals surface area contributed by atoms with E-state index < -0.39 is 0 Å². The Hall–Kier alpha value is -1.12. The number of anilines is 1. The summed E-state index contributed by atoms with van der Waals surface area (Å²) in [6, 6.07) is 1.33. The number of hydrogen-bond donors (Lipinski definition) is 1. The van der Waals surface area contributed by atoms with Crippen molar-refractivity contribution in [2.45, 2.75) is 19.8 Å². The van der Waals surface area contributed by atoms with Crippen molar-refractivity contribution in [2.24, 2.45) is 0 Å². The van der Waals surface area contributed by atoms with Crippen molar-refractivity contribution in [2.75, 3.05) is 5.73 Å². The van der Waals surface area contributed by atoms with E-state index >= 15 is 0 Å². The second kappa shape index (κ2) is 3.32. The van der Waals surface area contributed by atoms with Crippen molar-refractivity contribution in [1.29, 1.82) is 0 Å². The van der Waals surface area contributed by atoms with Gasteiger partial charge < -0.3 is 5.73 Å². The molecule has 1 heterocycles. The highest BCUT2D eigenvalue weighted by molar-refractivity contribution is 5.39. The maximum absolute atomic E-state index is 12.9. The zero-order chi connectivity index (χ0) is 8.27. The molecule has 1 aromatic rings. The summed E-state index contributed by atoms with van der Waals surface area (Å²) in [6.45, 7) is 1.98. The van der Waals surface area contributed by atoms with E-state index in [9.17, 15) is 4.39 Å². The topological polar surface area (TPSA) is 38.9 Å². The molecule has 2 N–H and O–H groups in total. The van der Waals surface area contributed by atoms with Crippen molar-refractivity contribution in [3.8, 4) is 0 Å². The molecule has 0 amide bonds. The summed E-state index contributed by atoms with van der Waals surface area (Å²) in [5, 5.41) is 0. The molecule has 0 radical (unpaired) electrons. The minimum Gasteiger partial charge on any atom is -0.383 e. The second-order valence-electron chi connectivity index (χ2n) is 2.41. The first-order chi connectivity index (χ1) is 5.25. The Kier molecular flexibility index (Phi) is 2.41. The molecular formula is C8H11FN2. The van der Waals surface area contributed by atoms with Crippen LogP contribution in [0.3, 0.4) is 0 Å². The Balaban J connectivity index is 3.00. The van der Waals surface area contributed by atoms with Crippen LogP contribution in [0.25, 0.3) is 0 Å². The average Bonchev–Trinajstić information content (AvgIpc) is 1.97. The van der Waals surface area contributed by atoms with Crippen LogP contribution in [0.1, 0.15) is 18.9 Å². The maximum Gasteiger partial charge on any atom is 0.131 e. The van der Waals surface area contributed by atoms with Gasteiger partial charge in [-0.3, -0.25) is 0 Å². The summed E-state index contributed by atoms with van der Waals surface area (Å²) >= 11 is 0. The zero-order valence-electron chi connectivity index (χ0n) is 6.47. The number of nitrogens with two attached hydrogens (primary N) is 1. The lowest BCUT2D eigenvalue weighted by Gasteiger charge is -2.02. The van der Waals surface area contributed by atoms with Crippen LogP contribution < -0.4 is 5.73 Å². The fourth-order valence-electron chi connectivity index (χ4n) is 0.981. The molecule has 0 spiro atoms. The van der Waals surface area contributed by atoms with Gasteiger partial charge in [0, 0.05) is 11.8 Å². The monoisotopic (exact) mass is 154 g/mol. The molecule has 0 unspecified atom stereocenters. The van der Waals surface area contributed by atoms with Gasteiger partial charge in [-0.05, 0) is 12.5 Å². The van der Waals surface area contributed by atoms with E-state index in [1.54, 1.807) is 0 Å². The van der Waals surface area contributed by atoms with Gasteiger partial charge in [0.25, 0.3) is 0 Å². The molecule has 1 aromatic heterocycles. The zero-order valence-corrected chi connectivity index (χ0v) is 6.47. The van der Waals surface area contributed by atoms with Crippen LogP contribution in [-0.2, 0) is 6.42 Å². The maximum atomic E-state index is 12.9. The summed E-state index contributed by atoms with van der Waals surface area (Å²) in [4.78, 5) is 3.80. The normalized spacial score (nSPS) is 10.0. The van der Waals surface area contributed by atoms with E-state index in [1.165, 1.54) is 12.3 Å². The summed E-state index contributed by atoms with van der Waals surface area (Å²) in [6.07, 6.45) is 2.92. The lowest BCUT2D eigenvalue weighted by atomic mass is 10.1.